The summed E-state index contributed by atoms with van der Waals surface area (Å²) in [6.45, 7) is 1.33. The van der Waals surface area contributed by atoms with Crippen LogP contribution in [0.3, 0.4) is 0 Å². The summed E-state index contributed by atoms with van der Waals surface area (Å²) in [6, 6.07) is 13.2. The lowest BCUT2D eigenvalue weighted by Gasteiger charge is -2.11. The minimum atomic E-state index is 0.642. The van der Waals surface area contributed by atoms with E-state index in [0.717, 1.165) is 22.7 Å². The first-order valence-electron chi connectivity index (χ1n) is 8.48. The zero-order valence-electron chi connectivity index (χ0n) is 14.4. The number of anilines is 3. The van der Waals surface area contributed by atoms with Crippen molar-refractivity contribution >= 4 is 34.7 Å². The first-order valence-corrected chi connectivity index (χ1v) is 8.86. The predicted molar refractivity (Wildman–Crippen MR) is 109 cm³/mol. The molecule has 0 amide bonds. The molecular formula is C19H18ClN7. The number of fused-ring (bicyclic) bond motifs is 1. The molecule has 0 unspecified atom stereocenters. The Morgan fingerprint density at radius 1 is 1.04 bits per heavy atom. The number of benzene rings is 1. The average molecular weight is 380 g/mol. The van der Waals surface area contributed by atoms with Crippen molar-refractivity contribution in [3.63, 3.8) is 0 Å². The van der Waals surface area contributed by atoms with Gasteiger partial charge in [-0.2, -0.15) is 0 Å². The molecule has 0 saturated carbocycles. The number of nitrogens with one attached hydrogen (secondary N) is 2. The first-order chi connectivity index (χ1) is 13.2. The molecule has 0 spiro atoms. The van der Waals surface area contributed by atoms with E-state index >= 15 is 0 Å². The Kier molecular flexibility index (Phi) is 4.76. The second-order valence-electron chi connectivity index (χ2n) is 5.96. The van der Waals surface area contributed by atoms with Gasteiger partial charge < -0.3 is 16.4 Å². The van der Waals surface area contributed by atoms with E-state index in [4.69, 9.17) is 22.3 Å². The molecule has 0 radical (unpaired) electrons. The van der Waals surface area contributed by atoms with Gasteiger partial charge in [-0.15, -0.1) is 0 Å². The molecule has 3 heterocycles. The number of nitrogens with zero attached hydrogens (tertiary/aromatic N) is 4. The Balaban J connectivity index is 1.50. The second kappa shape index (κ2) is 7.51. The summed E-state index contributed by atoms with van der Waals surface area (Å²) in [7, 11) is 0. The van der Waals surface area contributed by atoms with Gasteiger partial charge in [0.1, 0.15) is 11.5 Å². The number of hydrogen-bond acceptors (Lipinski definition) is 6. The van der Waals surface area contributed by atoms with E-state index in [-0.39, 0.29) is 0 Å². The highest BCUT2D eigenvalue weighted by Crippen LogP contribution is 2.24. The maximum Gasteiger partial charge on any atom is 0.209 e. The maximum atomic E-state index is 6.12. The van der Waals surface area contributed by atoms with Crippen molar-refractivity contribution in [2.45, 2.75) is 0 Å². The largest absolute Gasteiger partial charge is 0.397 e. The lowest BCUT2D eigenvalue weighted by molar-refractivity contribution is 0.995. The Bertz CT molecular complexity index is 1060. The topological polar surface area (TPSA) is 93.2 Å². The zero-order chi connectivity index (χ0) is 18.6. The molecule has 0 atom stereocenters. The number of rotatable bonds is 6. The van der Waals surface area contributed by atoms with Gasteiger partial charge in [0.25, 0.3) is 0 Å². The minimum Gasteiger partial charge on any atom is -0.397 e. The molecule has 0 aliphatic heterocycles. The average Bonchev–Trinajstić information content (AvgIpc) is 3.15. The fraction of sp³-hybridized carbons (Fsp3) is 0.105. The van der Waals surface area contributed by atoms with Crippen LogP contribution in [0.25, 0.3) is 16.9 Å². The molecule has 0 aliphatic rings. The Morgan fingerprint density at radius 2 is 1.93 bits per heavy atom. The molecule has 3 aromatic heterocycles. The van der Waals surface area contributed by atoms with Gasteiger partial charge >= 0.3 is 0 Å². The van der Waals surface area contributed by atoms with Gasteiger partial charge in [-0.3, -0.25) is 4.40 Å². The molecule has 4 rings (SSSR count). The van der Waals surface area contributed by atoms with Crippen molar-refractivity contribution < 1.29 is 0 Å². The number of pyridine rings is 1. The summed E-state index contributed by atoms with van der Waals surface area (Å²) in [5.74, 6) is 1.49. The lowest BCUT2D eigenvalue weighted by Crippen LogP contribution is -2.16. The molecule has 1 aromatic carbocycles. The number of nitrogens with two attached hydrogens (primary N) is 1. The third kappa shape index (κ3) is 3.93. The van der Waals surface area contributed by atoms with E-state index in [1.807, 2.05) is 53.1 Å². The van der Waals surface area contributed by atoms with Crippen LogP contribution in [0.5, 0.6) is 0 Å². The standard InChI is InChI=1S/C19H18ClN7/c20-14-3-1-2-13(10-14)16-11-18-23-8-9-27(18)19(26-16)24-7-6-22-17-5-4-15(21)12-25-17/h1-5,8-12H,6-7,21H2,(H,22,25)(H,24,26). The SMILES string of the molecule is Nc1ccc(NCCNc2nc(-c3cccc(Cl)c3)cc3nccn23)nc1. The smallest absolute Gasteiger partial charge is 0.209 e. The van der Waals surface area contributed by atoms with Gasteiger partial charge in [0.2, 0.25) is 5.95 Å². The monoisotopic (exact) mass is 379 g/mol. The minimum absolute atomic E-state index is 0.642. The molecule has 8 heteroatoms. The summed E-state index contributed by atoms with van der Waals surface area (Å²) >= 11 is 6.12. The molecule has 27 heavy (non-hydrogen) atoms. The summed E-state index contributed by atoms with van der Waals surface area (Å²) in [5, 5.41) is 7.26. The third-order valence-corrected chi connectivity index (χ3v) is 4.25. The van der Waals surface area contributed by atoms with E-state index in [1.165, 1.54) is 0 Å². The first kappa shape index (κ1) is 17.1. The number of imidazole rings is 1. The normalized spacial score (nSPS) is 10.9. The van der Waals surface area contributed by atoms with Crippen molar-refractivity contribution in [1.82, 2.24) is 19.4 Å². The number of halogens is 1. The van der Waals surface area contributed by atoms with Gasteiger partial charge in [0, 0.05) is 42.1 Å². The fourth-order valence-corrected chi connectivity index (χ4v) is 2.91. The quantitative estimate of drug-likeness (QED) is 0.443. The van der Waals surface area contributed by atoms with Gasteiger partial charge in [0.05, 0.1) is 17.6 Å². The van der Waals surface area contributed by atoms with Crippen molar-refractivity contribution in [2.24, 2.45) is 0 Å². The van der Waals surface area contributed by atoms with E-state index < -0.39 is 0 Å². The van der Waals surface area contributed by atoms with Crippen molar-refractivity contribution in [1.29, 1.82) is 0 Å². The molecule has 0 saturated heterocycles. The zero-order valence-corrected chi connectivity index (χ0v) is 15.2. The van der Waals surface area contributed by atoms with Crippen molar-refractivity contribution in [3.8, 4) is 11.3 Å². The van der Waals surface area contributed by atoms with Crippen LogP contribution < -0.4 is 16.4 Å². The summed E-state index contributed by atoms with van der Waals surface area (Å²) in [5.41, 5.74) is 8.86. The molecule has 0 bridgehead atoms. The molecular weight excluding hydrogens is 362 g/mol. The van der Waals surface area contributed by atoms with Crippen LogP contribution in [0, 0.1) is 0 Å². The van der Waals surface area contributed by atoms with Crippen LogP contribution >= 0.6 is 11.6 Å². The van der Waals surface area contributed by atoms with E-state index in [2.05, 4.69) is 20.6 Å². The van der Waals surface area contributed by atoms with Crippen molar-refractivity contribution in [3.05, 3.63) is 66.1 Å². The molecule has 0 aliphatic carbocycles. The Hall–Kier alpha value is -3.32. The Labute approximate surface area is 161 Å². The third-order valence-electron chi connectivity index (χ3n) is 4.01. The molecule has 136 valence electrons. The van der Waals surface area contributed by atoms with Gasteiger partial charge in [0.15, 0.2) is 0 Å². The number of hydrogen-bond donors (Lipinski definition) is 3. The van der Waals surface area contributed by atoms with Gasteiger partial charge in [-0.1, -0.05) is 23.7 Å². The highest BCUT2D eigenvalue weighted by atomic mass is 35.5. The molecule has 4 N–H and O–H groups in total. The van der Waals surface area contributed by atoms with Crippen LogP contribution in [-0.2, 0) is 0 Å². The van der Waals surface area contributed by atoms with Crippen LogP contribution in [0.1, 0.15) is 0 Å². The molecule has 0 fully saturated rings. The Morgan fingerprint density at radius 3 is 2.74 bits per heavy atom. The molecule has 7 nitrogen and oxygen atoms in total. The highest BCUT2D eigenvalue weighted by Gasteiger charge is 2.08. The van der Waals surface area contributed by atoms with E-state index in [9.17, 15) is 0 Å². The summed E-state index contributed by atoms with van der Waals surface area (Å²) < 4.78 is 1.91. The molecule has 4 aromatic rings. The van der Waals surface area contributed by atoms with Crippen LogP contribution in [0.15, 0.2) is 61.1 Å². The maximum absolute atomic E-state index is 6.12. The van der Waals surface area contributed by atoms with Crippen LogP contribution in [0.2, 0.25) is 5.02 Å². The van der Waals surface area contributed by atoms with Crippen LogP contribution in [-0.4, -0.2) is 32.4 Å². The lowest BCUT2D eigenvalue weighted by atomic mass is 10.1. The highest BCUT2D eigenvalue weighted by molar-refractivity contribution is 6.30. The number of nitrogen functional groups attached to an aromatic ring is 1. The van der Waals surface area contributed by atoms with Gasteiger partial charge in [-0.05, 0) is 24.3 Å². The predicted octanol–water partition coefficient (Wildman–Crippen LogP) is 3.55. The van der Waals surface area contributed by atoms with Crippen molar-refractivity contribution in [2.75, 3.05) is 29.5 Å². The summed E-state index contributed by atoms with van der Waals surface area (Å²) in [4.78, 5) is 13.3. The fourth-order valence-electron chi connectivity index (χ4n) is 2.72. The van der Waals surface area contributed by atoms with Crippen LogP contribution in [0.4, 0.5) is 17.5 Å². The number of aromatic nitrogens is 4. The van der Waals surface area contributed by atoms with E-state index in [1.54, 1.807) is 12.4 Å². The van der Waals surface area contributed by atoms with Gasteiger partial charge in [-0.25, -0.2) is 15.0 Å². The second-order valence-corrected chi connectivity index (χ2v) is 6.40. The van der Waals surface area contributed by atoms with E-state index in [0.29, 0.717) is 29.7 Å². The summed E-state index contributed by atoms with van der Waals surface area (Å²) in [6.07, 6.45) is 5.25.